The Hall–Kier alpha value is -0.610. The Balaban J connectivity index is 2.48. The van der Waals surface area contributed by atoms with Crippen LogP contribution in [0, 0.1) is 5.92 Å². The second-order valence-electron chi connectivity index (χ2n) is 5.01. The van der Waals surface area contributed by atoms with Gasteiger partial charge < -0.3 is 11.1 Å². The Morgan fingerprint density at radius 3 is 2.82 bits per heavy atom. The highest BCUT2D eigenvalue weighted by atomic mass is 16.1. The Kier molecular flexibility index (Phi) is 6.52. The predicted octanol–water partition coefficient (Wildman–Crippen LogP) is 0.962. The molecule has 17 heavy (non-hydrogen) atoms. The van der Waals surface area contributed by atoms with Gasteiger partial charge in [0.25, 0.3) is 0 Å². The summed E-state index contributed by atoms with van der Waals surface area (Å²) in [6.07, 6.45) is 5.62. The number of carbonyl (C=O) groups is 1. The molecular formula is C13H27N3O. The van der Waals surface area contributed by atoms with Gasteiger partial charge in [0, 0.05) is 26.1 Å². The van der Waals surface area contributed by atoms with E-state index in [9.17, 15) is 4.79 Å². The molecule has 1 rings (SSSR count). The highest BCUT2D eigenvalue weighted by Gasteiger charge is 2.23. The average Bonchev–Trinajstić information content (AvgIpc) is 2.60. The molecule has 1 fully saturated rings. The van der Waals surface area contributed by atoms with Crippen LogP contribution in [-0.2, 0) is 4.79 Å². The van der Waals surface area contributed by atoms with E-state index in [-0.39, 0.29) is 11.9 Å². The first-order valence-corrected chi connectivity index (χ1v) is 6.85. The summed E-state index contributed by atoms with van der Waals surface area (Å²) in [6.45, 7) is 5.03. The fourth-order valence-corrected chi connectivity index (χ4v) is 2.64. The van der Waals surface area contributed by atoms with Gasteiger partial charge in [-0.1, -0.05) is 13.3 Å². The van der Waals surface area contributed by atoms with E-state index in [1.807, 2.05) is 0 Å². The molecule has 1 saturated heterocycles. The maximum atomic E-state index is 11.4. The van der Waals surface area contributed by atoms with Crippen LogP contribution in [0.2, 0.25) is 0 Å². The van der Waals surface area contributed by atoms with Crippen LogP contribution < -0.4 is 11.1 Å². The van der Waals surface area contributed by atoms with Crippen molar-refractivity contribution in [3.05, 3.63) is 0 Å². The molecule has 1 aliphatic rings. The zero-order valence-corrected chi connectivity index (χ0v) is 11.2. The third-order valence-corrected chi connectivity index (χ3v) is 3.95. The van der Waals surface area contributed by atoms with Crippen LogP contribution >= 0.6 is 0 Å². The van der Waals surface area contributed by atoms with Crippen LogP contribution in [0.15, 0.2) is 0 Å². The smallest absolute Gasteiger partial charge is 0.221 e. The number of hydrogen-bond donors (Lipinski definition) is 2. The van der Waals surface area contributed by atoms with Crippen molar-refractivity contribution in [3.63, 3.8) is 0 Å². The summed E-state index contributed by atoms with van der Waals surface area (Å²) in [7, 11) is 1.69. The lowest BCUT2D eigenvalue weighted by atomic mass is 9.98. The van der Waals surface area contributed by atoms with Crippen molar-refractivity contribution >= 4 is 5.91 Å². The van der Waals surface area contributed by atoms with Crippen molar-refractivity contribution in [1.82, 2.24) is 10.2 Å². The number of nitrogens with two attached hydrogens (primary N) is 1. The molecule has 4 nitrogen and oxygen atoms in total. The normalized spacial score (nSPS) is 24.1. The monoisotopic (exact) mass is 241 g/mol. The average molecular weight is 241 g/mol. The van der Waals surface area contributed by atoms with Crippen LogP contribution in [0.5, 0.6) is 0 Å². The summed E-state index contributed by atoms with van der Waals surface area (Å²) in [5.41, 5.74) is 5.80. The van der Waals surface area contributed by atoms with E-state index < -0.39 is 0 Å². The molecule has 0 aromatic carbocycles. The van der Waals surface area contributed by atoms with Gasteiger partial charge in [0.1, 0.15) is 0 Å². The highest BCUT2D eigenvalue weighted by Crippen LogP contribution is 2.21. The summed E-state index contributed by atoms with van der Waals surface area (Å²) in [5.74, 6) is 0.954. The minimum absolute atomic E-state index is 0.0942. The summed E-state index contributed by atoms with van der Waals surface area (Å²) in [6, 6.07) is 0.213. The van der Waals surface area contributed by atoms with Crippen molar-refractivity contribution in [2.24, 2.45) is 11.7 Å². The molecule has 2 unspecified atom stereocenters. The standard InChI is InChI=1S/C13H27N3O/c1-3-11-5-4-7-16(8-6-11)12(10-14)9-13(17)15-2/h11-12H,3-10,14H2,1-2H3,(H,15,17). The molecule has 4 heteroatoms. The lowest BCUT2D eigenvalue weighted by Crippen LogP contribution is -2.44. The van der Waals surface area contributed by atoms with Crippen molar-refractivity contribution < 1.29 is 4.79 Å². The minimum Gasteiger partial charge on any atom is -0.359 e. The maximum absolute atomic E-state index is 11.4. The maximum Gasteiger partial charge on any atom is 0.221 e. The zero-order chi connectivity index (χ0) is 12.7. The van der Waals surface area contributed by atoms with Crippen molar-refractivity contribution in [1.29, 1.82) is 0 Å². The second kappa shape index (κ2) is 7.67. The summed E-state index contributed by atoms with van der Waals surface area (Å²) < 4.78 is 0. The van der Waals surface area contributed by atoms with Gasteiger partial charge in [-0.3, -0.25) is 9.69 Å². The molecule has 100 valence electrons. The van der Waals surface area contributed by atoms with Gasteiger partial charge in [-0.25, -0.2) is 0 Å². The number of likely N-dealkylation sites (tertiary alicyclic amines) is 1. The van der Waals surface area contributed by atoms with Crippen LogP contribution in [0.3, 0.4) is 0 Å². The molecular weight excluding hydrogens is 214 g/mol. The Morgan fingerprint density at radius 1 is 1.47 bits per heavy atom. The van der Waals surface area contributed by atoms with Gasteiger partial charge in [0.2, 0.25) is 5.91 Å². The molecule has 0 saturated carbocycles. The molecule has 3 N–H and O–H groups in total. The van der Waals surface area contributed by atoms with Gasteiger partial charge in [0.05, 0.1) is 0 Å². The fraction of sp³-hybridized carbons (Fsp3) is 0.923. The lowest BCUT2D eigenvalue weighted by molar-refractivity contribution is -0.121. The Bertz CT molecular complexity index is 233. The van der Waals surface area contributed by atoms with Gasteiger partial charge in [-0.15, -0.1) is 0 Å². The molecule has 0 radical (unpaired) electrons. The van der Waals surface area contributed by atoms with E-state index in [0.717, 1.165) is 19.0 Å². The number of nitrogens with zero attached hydrogens (tertiary/aromatic N) is 1. The summed E-state index contributed by atoms with van der Waals surface area (Å²) >= 11 is 0. The van der Waals surface area contributed by atoms with Crippen LogP contribution in [-0.4, -0.2) is 43.5 Å². The van der Waals surface area contributed by atoms with Crippen LogP contribution in [0.25, 0.3) is 0 Å². The predicted molar refractivity (Wildman–Crippen MR) is 70.7 cm³/mol. The van der Waals surface area contributed by atoms with Crippen LogP contribution in [0.1, 0.15) is 39.0 Å². The Labute approximate surface area is 105 Å². The number of rotatable bonds is 5. The quantitative estimate of drug-likeness (QED) is 0.754. The number of carbonyl (C=O) groups excluding carboxylic acids is 1. The van der Waals surface area contributed by atoms with E-state index in [0.29, 0.717) is 13.0 Å². The van der Waals surface area contributed by atoms with E-state index in [2.05, 4.69) is 17.1 Å². The first-order valence-electron chi connectivity index (χ1n) is 6.85. The third-order valence-electron chi connectivity index (χ3n) is 3.95. The van der Waals surface area contributed by atoms with Gasteiger partial charge in [0.15, 0.2) is 0 Å². The minimum atomic E-state index is 0.0942. The third kappa shape index (κ3) is 4.64. The molecule has 0 aromatic heterocycles. The van der Waals surface area contributed by atoms with Gasteiger partial charge >= 0.3 is 0 Å². The van der Waals surface area contributed by atoms with Crippen LogP contribution in [0.4, 0.5) is 0 Å². The molecule has 0 aliphatic carbocycles. The molecule has 0 aromatic rings. The molecule has 1 heterocycles. The number of nitrogens with one attached hydrogen (secondary N) is 1. The van der Waals surface area contributed by atoms with E-state index >= 15 is 0 Å². The first kappa shape index (κ1) is 14.5. The topological polar surface area (TPSA) is 58.4 Å². The summed E-state index contributed by atoms with van der Waals surface area (Å²) in [4.78, 5) is 13.8. The van der Waals surface area contributed by atoms with E-state index in [1.54, 1.807) is 7.05 Å². The summed E-state index contributed by atoms with van der Waals surface area (Å²) in [5, 5.41) is 2.68. The van der Waals surface area contributed by atoms with Crippen molar-refractivity contribution in [3.8, 4) is 0 Å². The lowest BCUT2D eigenvalue weighted by Gasteiger charge is -2.29. The zero-order valence-electron chi connectivity index (χ0n) is 11.2. The van der Waals surface area contributed by atoms with Crippen molar-refractivity contribution in [2.75, 3.05) is 26.7 Å². The van der Waals surface area contributed by atoms with Crippen molar-refractivity contribution in [2.45, 2.75) is 45.1 Å². The van der Waals surface area contributed by atoms with E-state index in [1.165, 1.54) is 25.7 Å². The number of hydrogen-bond acceptors (Lipinski definition) is 3. The number of amides is 1. The van der Waals surface area contributed by atoms with E-state index in [4.69, 9.17) is 5.73 Å². The molecule has 2 atom stereocenters. The Morgan fingerprint density at radius 2 is 2.24 bits per heavy atom. The SMILES string of the molecule is CCC1CCCN(C(CN)CC(=O)NC)CC1. The molecule has 1 amide bonds. The van der Waals surface area contributed by atoms with Gasteiger partial charge in [-0.2, -0.15) is 0 Å². The first-order chi connectivity index (χ1) is 8.21. The largest absolute Gasteiger partial charge is 0.359 e. The fourth-order valence-electron chi connectivity index (χ4n) is 2.64. The second-order valence-corrected chi connectivity index (χ2v) is 5.01. The highest BCUT2D eigenvalue weighted by molar-refractivity contribution is 5.76. The van der Waals surface area contributed by atoms with Gasteiger partial charge in [-0.05, 0) is 38.3 Å². The molecule has 1 aliphatic heterocycles. The molecule has 0 spiro atoms. The molecule has 0 bridgehead atoms.